The minimum absolute atomic E-state index is 0.0489. The first-order valence-corrected chi connectivity index (χ1v) is 7.02. The van der Waals surface area contributed by atoms with Crippen molar-refractivity contribution in [3.8, 4) is 5.75 Å². The van der Waals surface area contributed by atoms with Crippen LogP contribution in [0.15, 0.2) is 18.2 Å². The second-order valence-electron chi connectivity index (χ2n) is 3.67. The van der Waals surface area contributed by atoms with Crippen molar-refractivity contribution in [2.75, 3.05) is 31.2 Å². The van der Waals surface area contributed by atoms with E-state index in [9.17, 15) is 18.5 Å². The summed E-state index contributed by atoms with van der Waals surface area (Å²) in [6, 6.07) is 3.70. The number of nitrogens with zero attached hydrogens (tertiary/aromatic N) is 1. The van der Waals surface area contributed by atoms with Crippen molar-refractivity contribution >= 4 is 21.4 Å². The second kappa shape index (κ2) is 6.34. The summed E-state index contributed by atoms with van der Waals surface area (Å²) in [4.78, 5) is 10.1. The van der Waals surface area contributed by atoms with Crippen molar-refractivity contribution in [2.24, 2.45) is 0 Å². The van der Waals surface area contributed by atoms with Gasteiger partial charge in [0.15, 0.2) is 0 Å². The molecule has 1 aromatic carbocycles. The summed E-state index contributed by atoms with van der Waals surface area (Å²) >= 11 is 0. The minimum Gasteiger partial charge on any atom is -0.495 e. The fourth-order valence-corrected chi connectivity index (χ4v) is 2.41. The lowest BCUT2D eigenvalue weighted by atomic mass is 10.2. The molecule has 0 atom stereocenters. The topological polar surface area (TPSA) is 111 Å². The SMILES string of the molecule is CNCCS(=O)(=O)Nc1cc([N+](=O)[O-])ccc1OC. The molecule has 0 aliphatic heterocycles. The van der Waals surface area contributed by atoms with Crippen molar-refractivity contribution in [1.82, 2.24) is 5.32 Å². The molecule has 2 N–H and O–H groups in total. The van der Waals surface area contributed by atoms with E-state index in [-0.39, 0.29) is 29.4 Å². The molecule has 0 saturated carbocycles. The molecule has 0 heterocycles. The van der Waals surface area contributed by atoms with Gasteiger partial charge in [0.1, 0.15) is 5.75 Å². The fourth-order valence-electron chi connectivity index (χ4n) is 1.34. The molecular weight excluding hydrogens is 274 g/mol. The number of ether oxygens (including phenoxy) is 1. The molecule has 9 heteroatoms. The van der Waals surface area contributed by atoms with Gasteiger partial charge in [-0.15, -0.1) is 0 Å². The van der Waals surface area contributed by atoms with Gasteiger partial charge in [-0.25, -0.2) is 8.42 Å². The third-order valence-electron chi connectivity index (χ3n) is 2.28. The first-order valence-electron chi connectivity index (χ1n) is 5.37. The van der Waals surface area contributed by atoms with Gasteiger partial charge in [-0.05, 0) is 13.1 Å². The number of hydrogen-bond acceptors (Lipinski definition) is 6. The summed E-state index contributed by atoms with van der Waals surface area (Å²) in [6.07, 6.45) is 0. The fraction of sp³-hybridized carbons (Fsp3) is 0.400. The van der Waals surface area contributed by atoms with Gasteiger partial charge in [-0.2, -0.15) is 0 Å². The molecule has 8 nitrogen and oxygen atoms in total. The van der Waals surface area contributed by atoms with Crippen LogP contribution >= 0.6 is 0 Å². The Balaban J connectivity index is 3.04. The van der Waals surface area contributed by atoms with Crippen molar-refractivity contribution < 1.29 is 18.1 Å². The number of nitro groups is 1. The molecule has 0 amide bonds. The number of rotatable bonds is 7. The second-order valence-corrected chi connectivity index (χ2v) is 5.51. The van der Waals surface area contributed by atoms with E-state index in [1.165, 1.54) is 19.2 Å². The van der Waals surface area contributed by atoms with Crippen LogP contribution in [-0.4, -0.2) is 39.8 Å². The molecule has 0 fully saturated rings. The van der Waals surface area contributed by atoms with Crippen LogP contribution in [0.4, 0.5) is 11.4 Å². The van der Waals surface area contributed by atoms with Gasteiger partial charge in [0, 0.05) is 18.7 Å². The number of nitrogens with one attached hydrogen (secondary N) is 2. The monoisotopic (exact) mass is 289 g/mol. The molecule has 0 aliphatic carbocycles. The van der Waals surface area contributed by atoms with Gasteiger partial charge in [-0.1, -0.05) is 0 Å². The molecule has 0 unspecified atom stereocenters. The van der Waals surface area contributed by atoms with E-state index in [1.807, 2.05) is 0 Å². The molecule has 0 aromatic heterocycles. The summed E-state index contributed by atoms with van der Waals surface area (Å²) in [5.41, 5.74) is -0.167. The Bertz CT molecular complexity index is 558. The summed E-state index contributed by atoms with van der Waals surface area (Å²) in [6.45, 7) is 0.270. The van der Waals surface area contributed by atoms with Crippen LogP contribution in [-0.2, 0) is 10.0 Å². The first kappa shape index (κ1) is 15.2. The average Bonchev–Trinajstić information content (AvgIpc) is 2.35. The average molecular weight is 289 g/mol. The molecule has 0 spiro atoms. The zero-order valence-corrected chi connectivity index (χ0v) is 11.4. The van der Waals surface area contributed by atoms with E-state index in [0.29, 0.717) is 0 Å². The van der Waals surface area contributed by atoms with E-state index >= 15 is 0 Å². The molecule has 0 saturated heterocycles. The van der Waals surface area contributed by atoms with Crippen LogP contribution in [0.3, 0.4) is 0 Å². The third-order valence-corrected chi connectivity index (χ3v) is 3.55. The predicted molar refractivity (Wildman–Crippen MR) is 71.0 cm³/mol. The maximum Gasteiger partial charge on any atom is 0.271 e. The lowest BCUT2D eigenvalue weighted by molar-refractivity contribution is -0.384. The van der Waals surface area contributed by atoms with E-state index in [4.69, 9.17) is 4.74 Å². The summed E-state index contributed by atoms with van der Waals surface area (Å²) in [7, 11) is -0.605. The zero-order chi connectivity index (χ0) is 14.5. The Hall–Kier alpha value is -1.87. The van der Waals surface area contributed by atoms with Crippen LogP contribution in [0, 0.1) is 10.1 Å². The first-order chi connectivity index (χ1) is 8.89. The quantitative estimate of drug-likeness (QED) is 0.560. The summed E-state index contributed by atoms with van der Waals surface area (Å²) in [5.74, 6) is 0.0775. The van der Waals surface area contributed by atoms with E-state index in [0.717, 1.165) is 6.07 Å². The highest BCUT2D eigenvalue weighted by Crippen LogP contribution is 2.29. The Morgan fingerprint density at radius 1 is 1.42 bits per heavy atom. The smallest absolute Gasteiger partial charge is 0.271 e. The number of non-ortho nitro benzene ring substituents is 1. The number of sulfonamides is 1. The van der Waals surface area contributed by atoms with E-state index in [1.54, 1.807) is 7.05 Å². The van der Waals surface area contributed by atoms with Crippen LogP contribution in [0.1, 0.15) is 0 Å². The number of hydrogen-bond donors (Lipinski definition) is 2. The van der Waals surface area contributed by atoms with Crippen LogP contribution in [0.2, 0.25) is 0 Å². The number of methoxy groups -OCH3 is 1. The highest BCUT2D eigenvalue weighted by Gasteiger charge is 2.16. The predicted octanol–water partition coefficient (Wildman–Crippen LogP) is 0.564. The molecule has 1 aromatic rings. The largest absolute Gasteiger partial charge is 0.495 e. The normalized spacial score (nSPS) is 11.1. The van der Waals surface area contributed by atoms with Crippen LogP contribution in [0.25, 0.3) is 0 Å². The van der Waals surface area contributed by atoms with Crippen molar-refractivity contribution in [3.05, 3.63) is 28.3 Å². The minimum atomic E-state index is -3.59. The lowest BCUT2D eigenvalue weighted by Crippen LogP contribution is -2.24. The number of nitro benzene ring substituents is 1. The molecule has 0 aliphatic rings. The van der Waals surface area contributed by atoms with Gasteiger partial charge in [0.05, 0.1) is 23.5 Å². The highest BCUT2D eigenvalue weighted by atomic mass is 32.2. The zero-order valence-electron chi connectivity index (χ0n) is 10.5. The number of benzene rings is 1. The lowest BCUT2D eigenvalue weighted by Gasteiger charge is -2.11. The van der Waals surface area contributed by atoms with Gasteiger partial charge in [0.25, 0.3) is 5.69 Å². The molecule has 0 bridgehead atoms. The van der Waals surface area contributed by atoms with E-state index in [2.05, 4.69) is 10.0 Å². The maximum absolute atomic E-state index is 11.7. The van der Waals surface area contributed by atoms with Gasteiger partial charge in [-0.3, -0.25) is 14.8 Å². The summed E-state index contributed by atoms with van der Waals surface area (Å²) < 4.78 is 30.7. The number of anilines is 1. The summed E-state index contributed by atoms with van der Waals surface area (Å²) in [5, 5.41) is 13.4. The van der Waals surface area contributed by atoms with Crippen LogP contribution in [0.5, 0.6) is 5.75 Å². The molecule has 106 valence electrons. The van der Waals surface area contributed by atoms with Gasteiger partial charge < -0.3 is 10.1 Å². The Morgan fingerprint density at radius 3 is 2.63 bits per heavy atom. The van der Waals surface area contributed by atoms with Crippen molar-refractivity contribution in [1.29, 1.82) is 0 Å². The Labute approximate surface area is 111 Å². The Kier molecular flexibility index (Phi) is 5.07. The third kappa shape index (κ3) is 4.38. The molecule has 1 rings (SSSR count). The van der Waals surface area contributed by atoms with Crippen molar-refractivity contribution in [2.45, 2.75) is 0 Å². The van der Waals surface area contributed by atoms with Gasteiger partial charge >= 0.3 is 0 Å². The van der Waals surface area contributed by atoms with E-state index < -0.39 is 14.9 Å². The maximum atomic E-state index is 11.7. The molecular formula is C10H15N3O5S. The standard InChI is InChI=1S/C10H15N3O5S/c1-11-5-6-19(16,17)12-9-7-8(13(14)15)3-4-10(9)18-2/h3-4,7,11-12H,5-6H2,1-2H3. The highest BCUT2D eigenvalue weighted by molar-refractivity contribution is 7.92. The molecule has 19 heavy (non-hydrogen) atoms. The van der Waals surface area contributed by atoms with Crippen molar-refractivity contribution in [3.63, 3.8) is 0 Å². The van der Waals surface area contributed by atoms with Crippen LogP contribution < -0.4 is 14.8 Å². The Morgan fingerprint density at radius 2 is 2.11 bits per heavy atom. The van der Waals surface area contributed by atoms with Gasteiger partial charge in [0.2, 0.25) is 10.0 Å². The molecule has 0 radical (unpaired) electrons.